The van der Waals surface area contributed by atoms with Crippen molar-refractivity contribution in [3.63, 3.8) is 0 Å². The van der Waals surface area contributed by atoms with Crippen LogP contribution in [0, 0.1) is 13.3 Å². The molecule has 4 aromatic rings. The van der Waals surface area contributed by atoms with Crippen molar-refractivity contribution in [2.24, 2.45) is 0 Å². The molecule has 0 amide bonds. The zero-order valence-corrected chi connectivity index (χ0v) is 29.9. The second kappa shape index (κ2) is 24.2. The Morgan fingerprint density at radius 1 is 0.591 bits per heavy atom. The monoisotopic (exact) mass is 866 g/mol. The molecule has 4 aromatic carbocycles. The average Bonchev–Trinajstić information content (AvgIpc) is 3.61. The fourth-order valence-electron chi connectivity index (χ4n) is 2.80. The predicted octanol–water partition coefficient (Wildman–Crippen LogP) is 5.88. The van der Waals surface area contributed by atoms with Crippen molar-refractivity contribution in [1.82, 2.24) is 0 Å². The Kier molecular flexibility index (Phi) is 23.7. The van der Waals surface area contributed by atoms with Gasteiger partial charge >= 0.3 is 114 Å². The molecular weight excluding hydrogens is 845 g/mol. The first kappa shape index (κ1) is 43.0. The summed E-state index contributed by atoms with van der Waals surface area (Å²) < 4.78 is 90.2. The van der Waals surface area contributed by atoms with Gasteiger partial charge in [0.25, 0.3) is 0 Å². The molecule has 15 heteroatoms. The third-order valence-corrected chi connectivity index (χ3v) is 9.84. The van der Waals surface area contributed by atoms with Crippen LogP contribution in [0.5, 0.6) is 0 Å². The number of carbonyl (C=O) groups is 2. The molecule has 0 aromatic heterocycles. The van der Waals surface area contributed by atoms with Gasteiger partial charge in [-0.15, -0.1) is 0 Å². The van der Waals surface area contributed by atoms with Crippen molar-refractivity contribution in [3.8, 4) is 0 Å². The van der Waals surface area contributed by atoms with E-state index in [0.29, 0.717) is 0 Å². The van der Waals surface area contributed by atoms with Gasteiger partial charge in [-0.1, -0.05) is 91.0 Å². The van der Waals surface area contributed by atoms with Gasteiger partial charge in [0.05, 0.1) is 0 Å². The number of alkyl halides is 6. The zero-order chi connectivity index (χ0) is 32.7. The van der Waals surface area contributed by atoms with Gasteiger partial charge in [-0.3, -0.25) is 0 Å². The SMILES string of the molecule is O=C([O][Hg][O]C(=O)C(F)(F)F)C(F)(F)F.[C-]#[O+].[C-]#[O+].[Mn].c1cc[cH-]c1.c1ccc(P(c2ccccc2)c2ccccc2)cc1. The molecule has 0 atom stereocenters. The predicted molar refractivity (Wildman–Crippen MR) is 139 cm³/mol. The molecule has 6 nitrogen and oxygen atoms in total. The summed E-state index contributed by atoms with van der Waals surface area (Å²) in [4.78, 5) is 19.9. The van der Waals surface area contributed by atoms with Crippen molar-refractivity contribution in [2.75, 3.05) is 0 Å². The molecular formula is C29H20F6HgMnO6P-. The summed E-state index contributed by atoms with van der Waals surface area (Å²) >= 11 is -3.72. The van der Waals surface area contributed by atoms with E-state index >= 15 is 0 Å². The summed E-state index contributed by atoms with van der Waals surface area (Å²) in [6.07, 6.45) is -10.6. The number of benzene rings is 3. The van der Waals surface area contributed by atoms with E-state index in [2.05, 4.69) is 110 Å². The Hall–Kier alpha value is -3.11. The molecule has 0 saturated carbocycles. The van der Waals surface area contributed by atoms with Crippen LogP contribution in [0.4, 0.5) is 26.3 Å². The molecule has 0 spiro atoms. The Morgan fingerprint density at radius 3 is 1.07 bits per heavy atom. The van der Waals surface area contributed by atoms with Gasteiger partial charge in [0, 0.05) is 17.1 Å². The molecule has 0 fully saturated rings. The van der Waals surface area contributed by atoms with E-state index in [9.17, 15) is 35.9 Å². The van der Waals surface area contributed by atoms with E-state index in [1.165, 1.54) is 15.9 Å². The first-order valence-electron chi connectivity index (χ1n) is 11.5. The van der Waals surface area contributed by atoms with Crippen molar-refractivity contribution in [3.05, 3.63) is 135 Å². The minimum atomic E-state index is -5.30. The van der Waals surface area contributed by atoms with Crippen LogP contribution in [0.2, 0.25) is 0 Å². The minimum Gasteiger partial charge on any atom is -0.214 e. The van der Waals surface area contributed by atoms with E-state index in [-0.39, 0.29) is 17.1 Å². The summed E-state index contributed by atoms with van der Waals surface area (Å²) in [6, 6.07) is 42.3. The van der Waals surface area contributed by atoms with Crippen molar-refractivity contribution >= 4 is 35.8 Å². The normalized spacial score (nSPS) is 9.52. The maximum absolute atomic E-state index is 11.4. The van der Waals surface area contributed by atoms with E-state index in [1.54, 1.807) is 0 Å². The van der Waals surface area contributed by atoms with Gasteiger partial charge in [-0.25, -0.2) is 12.1 Å². The van der Waals surface area contributed by atoms with Crippen LogP contribution >= 0.6 is 7.92 Å². The fraction of sp³-hybridized carbons (Fsp3) is 0.0690. The Bertz CT molecular complexity index is 1200. The van der Waals surface area contributed by atoms with Crippen molar-refractivity contribution < 1.29 is 93.1 Å². The van der Waals surface area contributed by atoms with E-state index < -0.39 is 57.7 Å². The van der Waals surface area contributed by atoms with Gasteiger partial charge < -0.3 is 0 Å². The largest absolute Gasteiger partial charge is 0.214 e. The Balaban J connectivity index is 0. The number of rotatable bonds is 5. The topological polar surface area (TPSA) is 92.4 Å². The maximum Gasteiger partial charge on any atom is 0 e. The molecule has 0 bridgehead atoms. The van der Waals surface area contributed by atoms with Gasteiger partial charge in [-0.05, 0) is 23.8 Å². The van der Waals surface area contributed by atoms with Gasteiger partial charge in [-0.2, -0.15) is 18.2 Å². The first-order chi connectivity index (χ1) is 20.5. The molecule has 44 heavy (non-hydrogen) atoms. The number of hydrogen-bond donors (Lipinski definition) is 0. The third-order valence-electron chi connectivity index (χ3n) is 4.44. The van der Waals surface area contributed by atoms with Crippen LogP contribution in [0.3, 0.4) is 0 Å². The fourth-order valence-corrected chi connectivity index (χ4v) is 7.44. The van der Waals surface area contributed by atoms with E-state index in [0.717, 1.165) is 0 Å². The summed E-state index contributed by atoms with van der Waals surface area (Å²) in [5.41, 5.74) is 0. The summed E-state index contributed by atoms with van der Waals surface area (Å²) in [6.45, 7) is 9.00. The molecule has 0 aliphatic carbocycles. The molecule has 0 unspecified atom stereocenters. The van der Waals surface area contributed by atoms with E-state index in [4.69, 9.17) is 9.30 Å². The van der Waals surface area contributed by atoms with Crippen molar-refractivity contribution in [1.29, 1.82) is 0 Å². The van der Waals surface area contributed by atoms with Crippen LogP contribution in [0.15, 0.2) is 121 Å². The van der Waals surface area contributed by atoms with Crippen molar-refractivity contribution in [2.45, 2.75) is 12.4 Å². The quantitative estimate of drug-likeness (QED) is 0.0825. The number of hydrogen-bond acceptors (Lipinski definition) is 4. The van der Waals surface area contributed by atoms with Crippen LogP contribution in [0.1, 0.15) is 0 Å². The Morgan fingerprint density at radius 2 is 0.864 bits per heavy atom. The first-order valence-corrected chi connectivity index (χ1v) is 17.3. The van der Waals surface area contributed by atoms with Crippen LogP contribution in [-0.2, 0) is 66.7 Å². The second-order valence-electron chi connectivity index (χ2n) is 7.28. The smallest absolute Gasteiger partial charge is 0 e. The third kappa shape index (κ3) is 17.9. The summed E-state index contributed by atoms with van der Waals surface area (Å²) in [5.74, 6) is -5.31. The van der Waals surface area contributed by atoms with Gasteiger partial charge in [0.1, 0.15) is 0 Å². The average molecular weight is 865 g/mol. The molecule has 4 rings (SSSR count). The number of halogens is 6. The van der Waals surface area contributed by atoms with Crippen LogP contribution < -0.4 is 15.9 Å². The molecule has 1 radical (unpaired) electrons. The van der Waals surface area contributed by atoms with Gasteiger partial charge in [0.15, 0.2) is 0 Å². The van der Waals surface area contributed by atoms with Crippen LogP contribution in [0.25, 0.3) is 0 Å². The standard InChI is InChI=1S/C18H15P.C5H5.2C2HF3O2.2CO.Hg.Mn/c1-4-10-16(11-5-1)19(17-12-6-2-7-13-17)18-14-8-3-9-15-18;1-2-4-5-3-1;2*3-2(4,5)1(6)7;2*1-2;;/h1-15H;1-5H;2*(H,6,7);;;;/q;-1;;;;;+2;/p-2. The molecule has 229 valence electrons. The molecule has 0 heterocycles. The minimum absolute atomic E-state index is 0. The molecule has 0 aliphatic heterocycles. The van der Waals surface area contributed by atoms with Crippen LogP contribution in [-0.4, -0.2) is 24.3 Å². The molecule has 0 aliphatic rings. The Labute approximate surface area is 274 Å². The second-order valence-corrected chi connectivity index (χ2v) is 12.7. The molecule has 0 saturated heterocycles. The van der Waals surface area contributed by atoms with Gasteiger partial charge in [0.2, 0.25) is 0 Å². The number of carbonyl (C=O) groups excluding carboxylic acids is 2. The maximum atomic E-state index is 11.4. The van der Waals surface area contributed by atoms with E-state index in [1.807, 2.05) is 30.3 Å². The summed E-state index contributed by atoms with van der Waals surface area (Å²) in [7, 11) is -0.446. The molecule has 0 N–H and O–H groups in total. The summed E-state index contributed by atoms with van der Waals surface area (Å²) in [5, 5.41) is 4.19. The zero-order valence-electron chi connectivity index (χ0n) is 22.3.